The molecule has 0 aliphatic carbocycles. The third-order valence-corrected chi connectivity index (χ3v) is 10.5. The van der Waals surface area contributed by atoms with Gasteiger partial charge in [0.05, 0.1) is 6.16 Å². The highest BCUT2D eigenvalue weighted by Gasteiger charge is 2.44. The van der Waals surface area contributed by atoms with Gasteiger partial charge in [0, 0.05) is 0 Å². The van der Waals surface area contributed by atoms with Crippen molar-refractivity contribution in [2.24, 2.45) is 0 Å². The van der Waals surface area contributed by atoms with Crippen molar-refractivity contribution >= 4 is 40.2 Å². The van der Waals surface area contributed by atoms with Gasteiger partial charge in [-0.3, -0.25) is 0 Å². The summed E-state index contributed by atoms with van der Waals surface area (Å²) in [7, 11) is -1.62. The van der Waals surface area contributed by atoms with E-state index in [0.29, 0.717) is 0 Å². The van der Waals surface area contributed by atoms with E-state index in [4.69, 9.17) is 0 Å². The maximum atomic E-state index is 2.36. The molecule has 0 atom stereocenters. The summed E-state index contributed by atoms with van der Waals surface area (Å²) >= 11 is 0. The Labute approximate surface area is 195 Å². The van der Waals surface area contributed by atoms with Gasteiger partial charge in [-0.2, -0.15) is 0 Å². The number of rotatable bonds is 12. The zero-order valence-electron chi connectivity index (χ0n) is 18.4. The maximum absolute atomic E-state index is 2.36. The molecule has 0 radical (unpaired) electrons. The van der Waals surface area contributed by atoms with Gasteiger partial charge in [0.1, 0.15) is 23.2 Å². The molecule has 0 fully saturated rings. The molecule has 0 saturated carbocycles. The highest BCUT2D eigenvalue weighted by molar-refractivity contribution is 8.93. The Hall–Kier alpha value is -1.43. The van der Waals surface area contributed by atoms with Crippen LogP contribution in [0.5, 0.6) is 0 Å². The average molecular weight is 484 g/mol. The predicted molar refractivity (Wildman–Crippen MR) is 143 cm³/mol. The van der Waals surface area contributed by atoms with E-state index in [9.17, 15) is 0 Å². The normalized spacial score (nSPS) is 11.1. The molecule has 0 aliphatic rings. The number of unbranched alkanes of at least 4 members (excludes halogenated alkanes) is 7. The number of hydrogen-bond acceptors (Lipinski definition) is 0. The number of halogens is 1. The predicted octanol–water partition coefficient (Wildman–Crippen LogP) is 7.70. The van der Waals surface area contributed by atoms with Gasteiger partial charge < -0.3 is 0 Å². The topological polar surface area (TPSA) is 0 Å². The zero-order valence-corrected chi connectivity index (χ0v) is 21.0. The molecule has 0 amide bonds. The van der Waals surface area contributed by atoms with Crippen molar-refractivity contribution in [3.05, 3.63) is 91.0 Å². The number of benzene rings is 3. The zero-order chi connectivity index (χ0) is 20.2. The van der Waals surface area contributed by atoms with Gasteiger partial charge in [0.25, 0.3) is 0 Å². The third-order valence-electron chi connectivity index (χ3n) is 5.94. The van der Waals surface area contributed by atoms with Crippen LogP contribution in [-0.2, 0) is 0 Å². The van der Waals surface area contributed by atoms with E-state index in [1.165, 1.54) is 73.4 Å². The maximum Gasteiger partial charge on any atom is 0.112 e. The Bertz CT molecular complexity index is 705. The molecule has 160 valence electrons. The van der Waals surface area contributed by atoms with Crippen LogP contribution in [0.2, 0.25) is 0 Å². The Morgan fingerprint density at radius 2 is 0.800 bits per heavy atom. The van der Waals surface area contributed by atoms with Gasteiger partial charge in [-0.05, 0) is 49.2 Å². The first-order chi connectivity index (χ1) is 14.4. The van der Waals surface area contributed by atoms with Crippen molar-refractivity contribution < 1.29 is 0 Å². The molecule has 30 heavy (non-hydrogen) atoms. The van der Waals surface area contributed by atoms with E-state index in [1.807, 2.05) is 0 Å². The van der Waals surface area contributed by atoms with Gasteiger partial charge in [-0.15, -0.1) is 17.0 Å². The lowest BCUT2D eigenvalue weighted by Gasteiger charge is -2.27. The third kappa shape index (κ3) is 6.53. The van der Waals surface area contributed by atoms with Crippen LogP contribution in [0, 0.1) is 0 Å². The van der Waals surface area contributed by atoms with Gasteiger partial charge in [0.2, 0.25) is 0 Å². The molecule has 0 heterocycles. The van der Waals surface area contributed by atoms with Crippen LogP contribution < -0.4 is 15.9 Å². The van der Waals surface area contributed by atoms with Crippen molar-refractivity contribution in [3.63, 3.8) is 0 Å². The summed E-state index contributed by atoms with van der Waals surface area (Å²) in [4.78, 5) is 0. The summed E-state index contributed by atoms with van der Waals surface area (Å²) in [6, 6.07) is 33.9. The molecule has 0 bridgehead atoms. The first kappa shape index (κ1) is 24.8. The average Bonchev–Trinajstić information content (AvgIpc) is 2.80. The second kappa shape index (κ2) is 13.8. The molecule has 0 N–H and O–H groups in total. The summed E-state index contributed by atoms with van der Waals surface area (Å²) in [6.07, 6.45) is 12.2. The van der Waals surface area contributed by atoms with Crippen LogP contribution in [0.4, 0.5) is 0 Å². The summed E-state index contributed by atoms with van der Waals surface area (Å²) in [5, 5.41) is 4.54. The quantitative estimate of drug-likeness (QED) is 0.183. The standard InChI is InChI=1S/C28H36P.BrH/c1-2-3-4-5-6-7-8-18-25-29(26-19-12-9-13-20-26,27-21-14-10-15-22-27)28-23-16-11-17-24-28;/h9-17,19-24H,2-8,18,25H2,1H3;1H/q+1;. The van der Waals surface area contributed by atoms with Crippen LogP contribution in [0.15, 0.2) is 91.0 Å². The molecular weight excluding hydrogens is 447 g/mol. The second-order valence-electron chi connectivity index (χ2n) is 8.01. The second-order valence-corrected chi connectivity index (χ2v) is 11.6. The van der Waals surface area contributed by atoms with Crippen molar-refractivity contribution in [3.8, 4) is 0 Å². The Balaban J connectivity index is 0.00000320. The lowest BCUT2D eigenvalue weighted by atomic mass is 10.1. The molecule has 3 rings (SSSR count). The minimum Gasteiger partial charge on any atom is -0.114 e. The van der Waals surface area contributed by atoms with E-state index in [0.717, 1.165) is 0 Å². The molecule has 0 aliphatic heterocycles. The SMILES string of the molecule is Br.CCCCCCCCCC[P+](c1ccccc1)(c1ccccc1)c1ccccc1. The van der Waals surface area contributed by atoms with Gasteiger partial charge in [-0.25, -0.2) is 0 Å². The fourth-order valence-corrected chi connectivity index (χ4v) is 8.78. The van der Waals surface area contributed by atoms with Crippen LogP contribution in [0.3, 0.4) is 0 Å². The molecule has 0 saturated heterocycles. The molecule has 0 unspecified atom stereocenters. The first-order valence-corrected chi connectivity index (χ1v) is 13.4. The van der Waals surface area contributed by atoms with E-state index in [2.05, 4.69) is 97.9 Å². The molecule has 0 nitrogen and oxygen atoms in total. The van der Waals surface area contributed by atoms with E-state index in [-0.39, 0.29) is 17.0 Å². The van der Waals surface area contributed by atoms with Crippen LogP contribution in [0.25, 0.3) is 0 Å². The molecule has 0 spiro atoms. The van der Waals surface area contributed by atoms with Crippen molar-refractivity contribution in [2.75, 3.05) is 6.16 Å². The minimum atomic E-state index is -1.62. The summed E-state index contributed by atoms with van der Waals surface area (Å²) in [5.41, 5.74) is 0. The highest BCUT2D eigenvalue weighted by Crippen LogP contribution is 2.55. The largest absolute Gasteiger partial charge is 0.114 e. The van der Waals surface area contributed by atoms with E-state index >= 15 is 0 Å². The monoisotopic (exact) mass is 483 g/mol. The van der Waals surface area contributed by atoms with Gasteiger partial charge in [-0.1, -0.05) is 100 Å². The van der Waals surface area contributed by atoms with Crippen molar-refractivity contribution in [1.82, 2.24) is 0 Å². The van der Waals surface area contributed by atoms with E-state index in [1.54, 1.807) is 0 Å². The van der Waals surface area contributed by atoms with Crippen LogP contribution in [-0.4, -0.2) is 6.16 Å². The van der Waals surface area contributed by atoms with Crippen molar-refractivity contribution in [1.29, 1.82) is 0 Å². The lowest BCUT2D eigenvalue weighted by Crippen LogP contribution is -2.33. The summed E-state index contributed by atoms with van der Waals surface area (Å²) in [6.45, 7) is 2.29. The number of hydrogen-bond donors (Lipinski definition) is 0. The van der Waals surface area contributed by atoms with Crippen LogP contribution in [0.1, 0.15) is 58.3 Å². The van der Waals surface area contributed by atoms with Crippen LogP contribution >= 0.6 is 24.2 Å². The van der Waals surface area contributed by atoms with Crippen molar-refractivity contribution in [2.45, 2.75) is 58.3 Å². The van der Waals surface area contributed by atoms with Gasteiger partial charge in [0.15, 0.2) is 0 Å². The fourth-order valence-electron chi connectivity index (χ4n) is 4.36. The smallest absolute Gasteiger partial charge is 0.112 e. The molecule has 2 heteroatoms. The fraction of sp³-hybridized carbons (Fsp3) is 0.357. The summed E-state index contributed by atoms with van der Waals surface area (Å²) in [5.74, 6) is 0. The molecule has 3 aromatic rings. The molecular formula is C28H37BrP+. The first-order valence-electron chi connectivity index (χ1n) is 11.4. The molecule has 0 aromatic heterocycles. The summed E-state index contributed by atoms with van der Waals surface area (Å²) < 4.78 is 0. The highest BCUT2D eigenvalue weighted by atomic mass is 79.9. The molecule has 3 aromatic carbocycles. The van der Waals surface area contributed by atoms with Gasteiger partial charge >= 0.3 is 0 Å². The Kier molecular flexibility index (Phi) is 11.4. The Morgan fingerprint density at radius 3 is 1.17 bits per heavy atom. The lowest BCUT2D eigenvalue weighted by molar-refractivity contribution is 0.586. The van der Waals surface area contributed by atoms with E-state index < -0.39 is 7.26 Å². The minimum absolute atomic E-state index is 0. The Morgan fingerprint density at radius 1 is 0.467 bits per heavy atom.